The third-order valence-electron chi connectivity index (χ3n) is 4.58. The van der Waals surface area contributed by atoms with Crippen molar-refractivity contribution in [3.63, 3.8) is 0 Å². The highest BCUT2D eigenvalue weighted by molar-refractivity contribution is 9.10. The molecule has 0 aliphatic heterocycles. The number of aliphatic imine (C=N–C) groups is 1. The molecule has 0 bridgehead atoms. The lowest BCUT2D eigenvalue weighted by Gasteiger charge is -1.96. The third-order valence-corrected chi connectivity index (χ3v) is 5.11. The van der Waals surface area contributed by atoms with Crippen molar-refractivity contribution in [2.75, 3.05) is 0 Å². The van der Waals surface area contributed by atoms with Gasteiger partial charge >= 0.3 is 0 Å². The second-order valence-electron chi connectivity index (χ2n) is 6.52. The molecule has 0 radical (unpaired) electrons. The minimum atomic E-state index is 0.141. The molecule has 5 aromatic rings. The summed E-state index contributed by atoms with van der Waals surface area (Å²) in [4.78, 5) is 4.37. The van der Waals surface area contributed by atoms with Crippen molar-refractivity contribution in [2.24, 2.45) is 4.99 Å². The van der Waals surface area contributed by atoms with Gasteiger partial charge in [-0.05, 0) is 48.5 Å². The molecule has 5 rings (SSSR count). The van der Waals surface area contributed by atoms with Crippen LogP contribution in [0.4, 0.5) is 5.88 Å². The molecule has 0 N–H and O–H groups in total. The topological polar surface area (TPSA) is 88.7 Å². The highest BCUT2D eigenvalue weighted by atomic mass is 79.9. The first kappa shape index (κ1) is 19.0. The summed E-state index contributed by atoms with van der Waals surface area (Å²) in [6.45, 7) is 0. The SMILES string of the molecule is N#Cc1c(N=Cc2ccc(-c3ccc(Br)cc3)o2)oc(-c2ccco2)c1-c1ccco1. The van der Waals surface area contributed by atoms with E-state index in [1.807, 2.05) is 30.3 Å². The molecule has 0 amide bonds. The molecule has 4 heterocycles. The van der Waals surface area contributed by atoms with Crippen molar-refractivity contribution in [2.45, 2.75) is 0 Å². The molecule has 150 valence electrons. The van der Waals surface area contributed by atoms with Crippen molar-refractivity contribution in [1.82, 2.24) is 0 Å². The number of nitriles is 1. The second kappa shape index (κ2) is 8.01. The lowest BCUT2D eigenvalue weighted by molar-refractivity contribution is 0.527. The van der Waals surface area contributed by atoms with Gasteiger partial charge in [0.25, 0.3) is 0 Å². The summed E-state index contributed by atoms with van der Waals surface area (Å²) in [5.74, 6) is 2.71. The standard InChI is InChI=1S/C24H13BrN2O4/c25-16-7-5-15(6-8-16)19-10-9-17(30-19)14-27-24-18(13-26)22(20-3-1-11-28-20)23(31-24)21-4-2-12-29-21/h1-12,14H. The Morgan fingerprint density at radius 1 is 0.839 bits per heavy atom. The minimum Gasteiger partial charge on any atom is -0.464 e. The Kier molecular flexibility index (Phi) is 4.90. The van der Waals surface area contributed by atoms with Crippen LogP contribution in [0.3, 0.4) is 0 Å². The van der Waals surface area contributed by atoms with Crippen LogP contribution in [0.25, 0.3) is 34.2 Å². The molecule has 6 nitrogen and oxygen atoms in total. The fraction of sp³-hybridized carbons (Fsp3) is 0. The lowest BCUT2D eigenvalue weighted by atomic mass is 10.1. The largest absolute Gasteiger partial charge is 0.464 e. The monoisotopic (exact) mass is 472 g/mol. The van der Waals surface area contributed by atoms with Gasteiger partial charge in [-0.1, -0.05) is 28.1 Å². The summed E-state index contributed by atoms with van der Waals surface area (Å²) in [5, 5.41) is 9.80. The highest BCUT2D eigenvalue weighted by Gasteiger charge is 2.26. The van der Waals surface area contributed by atoms with Crippen molar-refractivity contribution in [1.29, 1.82) is 5.26 Å². The van der Waals surface area contributed by atoms with Gasteiger partial charge < -0.3 is 17.7 Å². The average Bonchev–Trinajstić information content (AvgIpc) is 3.59. The summed E-state index contributed by atoms with van der Waals surface area (Å²) in [7, 11) is 0. The van der Waals surface area contributed by atoms with Gasteiger partial charge in [-0.15, -0.1) is 0 Å². The van der Waals surface area contributed by atoms with E-state index in [1.54, 1.807) is 30.3 Å². The van der Waals surface area contributed by atoms with E-state index in [1.165, 1.54) is 18.7 Å². The number of benzene rings is 1. The number of rotatable bonds is 5. The molecular formula is C24H13BrN2O4. The van der Waals surface area contributed by atoms with Crippen LogP contribution in [0.1, 0.15) is 11.3 Å². The fourth-order valence-corrected chi connectivity index (χ4v) is 3.43. The van der Waals surface area contributed by atoms with E-state index in [0.29, 0.717) is 34.4 Å². The molecule has 0 saturated carbocycles. The number of halogens is 1. The zero-order valence-electron chi connectivity index (χ0n) is 15.9. The van der Waals surface area contributed by atoms with Crippen molar-refractivity contribution < 1.29 is 17.7 Å². The van der Waals surface area contributed by atoms with Crippen LogP contribution in [0, 0.1) is 11.3 Å². The molecule has 0 saturated heterocycles. The Hall–Kier alpha value is -4.02. The molecule has 0 aliphatic carbocycles. The number of furan rings is 4. The van der Waals surface area contributed by atoms with Crippen LogP contribution in [0.2, 0.25) is 0 Å². The first-order valence-corrected chi connectivity index (χ1v) is 10.1. The van der Waals surface area contributed by atoms with E-state index in [0.717, 1.165) is 10.0 Å². The maximum absolute atomic E-state index is 9.80. The quantitative estimate of drug-likeness (QED) is 0.248. The average molecular weight is 473 g/mol. The van der Waals surface area contributed by atoms with Gasteiger partial charge in [-0.25, -0.2) is 4.99 Å². The Labute approximate surface area is 185 Å². The zero-order chi connectivity index (χ0) is 21.2. The Morgan fingerprint density at radius 2 is 1.58 bits per heavy atom. The molecule has 0 aliphatic rings. The maximum atomic E-state index is 9.80. The molecule has 0 unspecified atom stereocenters. The molecule has 0 spiro atoms. The zero-order valence-corrected chi connectivity index (χ0v) is 17.5. The molecule has 4 aromatic heterocycles. The van der Waals surface area contributed by atoms with Gasteiger partial charge in [0.15, 0.2) is 11.5 Å². The molecular weight excluding hydrogens is 460 g/mol. The van der Waals surface area contributed by atoms with E-state index in [2.05, 4.69) is 27.0 Å². The van der Waals surface area contributed by atoms with E-state index in [-0.39, 0.29) is 11.4 Å². The maximum Gasteiger partial charge on any atom is 0.238 e. The van der Waals surface area contributed by atoms with Gasteiger partial charge in [-0.3, -0.25) is 0 Å². The van der Waals surface area contributed by atoms with Crippen molar-refractivity contribution in [3.8, 4) is 40.2 Å². The highest BCUT2D eigenvalue weighted by Crippen LogP contribution is 2.42. The van der Waals surface area contributed by atoms with Gasteiger partial charge in [0.2, 0.25) is 5.88 Å². The second-order valence-corrected chi connectivity index (χ2v) is 7.44. The summed E-state index contributed by atoms with van der Waals surface area (Å²) in [5.41, 5.74) is 1.68. The van der Waals surface area contributed by atoms with Crippen LogP contribution >= 0.6 is 15.9 Å². The summed E-state index contributed by atoms with van der Waals surface area (Å²) in [6, 6.07) is 20.6. The van der Waals surface area contributed by atoms with E-state index < -0.39 is 0 Å². The number of nitrogens with zero attached hydrogens (tertiary/aromatic N) is 2. The molecule has 0 atom stereocenters. The van der Waals surface area contributed by atoms with E-state index >= 15 is 0 Å². The van der Waals surface area contributed by atoms with Gasteiger partial charge in [-0.2, -0.15) is 5.26 Å². The summed E-state index contributed by atoms with van der Waals surface area (Å²) in [6.07, 6.45) is 4.58. The smallest absolute Gasteiger partial charge is 0.238 e. The molecule has 31 heavy (non-hydrogen) atoms. The Morgan fingerprint density at radius 3 is 2.26 bits per heavy atom. The number of hydrogen-bond donors (Lipinski definition) is 0. The summed E-state index contributed by atoms with van der Waals surface area (Å²) < 4.78 is 23.7. The molecule has 0 fully saturated rings. The van der Waals surface area contributed by atoms with Crippen LogP contribution in [-0.4, -0.2) is 6.21 Å². The Bertz CT molecular complexity index is 1380. The van der Waals surface area contributed by atoms with Gasteiger partial charge in [0.1, 0.15) is 28.9 Å². The van der Waals surface area contributed by atoms with Gasteiger partial charge in [0.05, 0.1) is 24.3 Å². The van der Waals surface area contributed by atoms with Gasteiger partial charge in [0, 0.05) is 10.0 Å². The van der Waals surface area contributed by atoms with Crippen LogP contribution in [0.5, 0.6) is 0 Å². The fourth-order valence-electron chi connectivity index (χ4n) is 3.16. The van der Waals surface area contributed by atoms with Crippen molar-refractivity contribution >= 4 is 28.0 Å². The molecule has 1 aromatic carbocycles. The lowest BCUT2D eigenvalue weighted by Crippen LogP contribution is -1.80. The first-order chi connectivity index (χ1) is 15.2. The minimum absolute atomic E-state index is 0.141. The van der Waals surface area contributed by atoms with E-state index in [4.69, 9.17) is 17.7 Å². The Balaban J connectivity index is 1.53. The van der Waals surface area contributed by atoms with E-state index in [9.17, 15) is 5.26 Å². The normalized spacial score (nSPS) is 11.2. The predicted molar refractivity (Wildman–Crippen MR) is 118 cm³/mol. The first-order valence-electron chi connectivity index (χ1n) is 9.27. The number of hydrogen-bond acceptors (Lipinski definition) is 6. The third kappa shape index (κ3) is 3.65. The summed E-state index contributed by atoms with van der Waals surface area (Å²) >= 11 is 3.42. The van der Waals surface area contributed by atoms with Crippen LogP contribution in [0.15, 0.2) is 100 Å². The van der Waals surface area contributed by atoms with Crippen LogP contribution in [-0.2, 0) is 0 Å². The predicted octanol–water partition coefficient (Wildman–Crippen LogP) is 7.44. The van der Waals surface area contributed by atoms with Crippen LogP contribution < -0.4 is 0 Å². The van der Waals surface area contributed by atoms with Crippen molar-refractivity contribution in [3.05, 3.63) is 89.0 Å². The molecule has 7 heteroatoms.